The van der Waals surface area contributed by atoms with Gasteiger partial charge in [0.15, 0.2) is 0 Å². The van der Waals surface area contributed by atoms with Crippen molar-refractivity contribution in [3.05, 3.63) is 35.0 Å². The number of hydrogen-bond donors (Lipinski definition) is 1. The third-order valence-electron chi connectivity index (χ3n) is 2.41. The molecule has 0 saturated carbocycles. The molecule has 0 unspecified atom stereocenters. The molecule has 2 N–H and O–H groups in total. The Labute approximate surface area is 93.4 Å². The molecular formula is C11H13ClN2O. The molecule has 1 aromatic carbocycles. The minimum absolute atomic E-state index is 0.511. The molecule has 0 amide bonds. The summed E-state index contributed by atoms with van der Waals surface area (Å²) in [7, 11) is 1.67. The van der Waals surface area contributed by atoms with E-state index in [1.54, 1.807) is 7.11 Å². The Morgan fingerprint density at radius 2 is 2.27 bits per heavy atom. The fraction of sp³-hybridized carbons (Fsp3) is 0.273. The Kier molecular flexibility index (Phi) is 2.95. The summed E-state index contributed by atoms with van der Waals surface area (Å²) in [5, 5.41) is 1.86. The number of benzene rings is 1. The van der Waals surface area contributed by atoms with Crippen LogP contribution >= 0.6 is 11.6 Å². The zero-order valence-corrected chi connectivity index (χ0v) is 9.29. The van der Waals surface area contributed by atoms with Gasteiger partial charge in [0, 0.05) is 30.3 Å². The van der Waals surface area contributed by atoms with Gasteiger partial charge >= 0.3 is 0 Å². The van der Waals surface area contributed by atoms with E-state index >= 15 is 0 Å². The van der Waals surface area contributed by atoms with Gasteiger partial charge in [-0.2, -0.15) is 0 Å². The van der Waals surface area contributed by atoms with Gasteiger partial charge in [0.1, 0.15) is 6.73 Å². The monoisotopic (exact) mass is 224 g/mol. The summed E-state index contributed by atoms with van der Waals surface area (Å²) in [4.78, 5) is 0. The van der Waals surface area contributed by atoms with Crippen LogP contribution in [0.25, 0.3) is 10.9 Å². The lowest BCUT2D eigenvalue weighted by molar-refractivity contribution is 0.135. The van der Waals surface area contributed by atoms with Crippen LogP contribution in [0.2, 0.25) is 5.02 Å². The molecule has 0 spiro atoms. The summed E-state index contributed by atoms with van der Waals surface area (Å²) >= 11 is 5.96. The molecule has 80 valence electrons. The predicted octanol–water partition coefficient (Wildman–Crippen LogP) is 2.36. The third kappa shape index (κ3) is 1.86. The first-order valence-electron chi connectivity index (χ1n) is 4.72. The maximum atomic E-state index is 5.96. The molecule has 2 aromatic rings. The number of hydrogen-bond acceptors (Lipinski definition) is 2. The molecule has 0 saturated heterocycles. The minimum atomic E-state index is 0.511. The van der Waals surface area contributed by atoms with Gasteiger partial charge in [-0.3, -0.25) is 0 Å². The average Bonchev–Trinajstić information content (AvgIpc) is 2.57. The van der Waals surface area contributed by atoms with E-state index in [1.165, 1.54) is 0 Å². The fourth-order valence-electron chi connectivity index (χ4n) is 1.75. The number of aromatic nitrogens is 1. The van der Waals surface area contributed by atoms with Crippen molar-refractivity contribution in [3.63, 3.8) is 0 Å². The molecular weight excluding hydrogens is 212 g/mol. The van der Waals surface area contributed by atoms with Gasteiger partial charge in [-0.05, 0) is 17.7 Å². The second kappa shape index (κ2) is 4.23. The molecule has 1 heterocycles. The van der Waals surface area contributed by atoms with Crippen LogP contribution in [0.3, 0.4) is 0 Å². The summed E-state index contributed by atoms with van der Waals surface area (Å²) in [5.74, 6) is 0. The zero-order valence-electron chi connectivity index (χ0n) is 8.53. The molecule has 0 atom stereocenters. The molecule has 0 aliphatic heterocycles. The lowest BCUT2D eigenvalue weighted by Gasteiger charge is -2.02. The van der Waals surface area contributed by atoms with Gasteiger partial charge in [-0.25, -0.2) is 0 Å². The first-order valence-corrected chi connectivity index (χ1v) is 5.10. The third-order valence-corrected chi connectivity index (χ3v) is 2.65. The first-order chi connectivity index (χ1) is 7.26. The Morgan fingerprint density at radius 3 is 2.93 bits per heavy atom. The summed E-state index contributed by atoms with van der Waals surface area (Å²) < 4.78 is 7.12. The molecule has 0 radical (unpaired) electrons. The summed E-state index contributed by atoms with van der Waals surface area (Å²) in [6.45, 7) is 1.03. The number of nitrogens with two attached hydrogens (primary N) is 1. The highest BCUT2D eigenvalue weighted by atomic mass is 35.5. The van der Waals surface area contributed by atoms with E-state index in [0.717, 1.165) is 21.5 Å². The molecule has 0 aliphatic rings. The second-order valence-electron chi connectivity index (χ2n) is 3.41. The van der Waals surface area contributed by atoms with E-state index < -0.39 is 0 Å². The Hall–Kier alpha value is -1.03. The maximum absolute atomic E-state index is 5.96. The highest BCUT2D eigenvalue weighted by Crippen LogP contribution is 2.24. The van der Waals surface area contributed by atoms with Crippen LogP contribution in [-0.4, -0.2) is 11.7 Å². The number of ether oxygens (including phenoxy) is 1. The molecule has 3 nitrogen and oxygen atoms in total. The number of nitrogens with zero attached hydrogens (tertiary/aromatic N) is 1. The maximum Gasteiger partial charge on any atom is 0.122 e. The molecule has 0 fully saturated rings. The number of fused-ring (bicyclic) bond motifs is 1. The van der Waals surface area contributed by atoms with Crippen molar-refractivity contribution in [1.82, 2.24) is 4.57 Å². The quantitative estimate of drug-likeness (QED) is 0.870. The van der Waals surface area contributed by atoms with Gasteiger partial charge in [0.2, 0.25) is 0 Å². The van der Waals surface area contributed by atoms with Gasteiger partial charge in [0.05, 0.1) is 5.52 Å². The first kappa shape index (κ1) is 10.5. The fourth-order valence-corrected chi connectivity index (χ4v) is 1.92. The Bertz CT molecular complexity index is 479. The molecule has 15 heavy (non-hydrogen) atoms. The summed E-state index contributed by atoms with van der Waals surface area (Å²) in [6.07, 6.45) is 2.00. The smallest absolute Gasteiger partial charge is 0.122 e. The van der Waals surface area contributed by atoms with Crippen LogP contribution in [0, 0.1) is 0 Å². The Morgan fingerprint density at radius 1 is 1.47 bits per heavy atom. The predicted molar refractivity (Wildman–Crippen MR) is 61.8 cm³/mol. The van der Waals surface area contributed by atoms with Gasteiger partial charge in [0.25, 0.3) is 0 Å². The van der Waals surface area contributed by atoms with Crippen LogP contribution in [0.1, 0.15) is 5.56 Å². The van der Waals surface area contributed by atoms with E-state index in [4.69, 9.17) is 22.1 Å². The van der Waals surface area contributed by atoms with Crippen molar-refractivity contribution in [2.75, 3.05) is 7.11 Å². The standard InChI is InChI=1S/C11H13ClN2O/c1-15-7-14-6-8(5-13)10-3-2-9(12)4-11(10)14/h2-4,6H,5,7,13H2,1H3. The molecule has 0 aliphatic carbocycles. The zero-order chi connectivity index (χ0) is 10.8. The van der Waals surface area contributed by atoms with E-state index in [2.05, 4.69) is 0 Å². The minimum Gasteiger partial charge on any atom is -0.364 e. The van der Waals surface area contributed by atoms with Crippen molar-refractivity contribution in [2.45, 2.75) is 13.3 Å². The molecule has 0 bridgehead atoms. The number of methoxy groups -OCH3 is 1. The topological polar surface area (TPSA) is 40.2 Å². The second-order valence-corrected chi connectivity index (χ2v) is 3.84. The summed E-state index contributed by atoms with van der Waals surface area (Å²) in [6, 6.07) is 5.79. The van der Waals surface area contributed by atoms with E-state index in [9.17, 15) is 0 Å². The highest BCUT2D eigenvalue weighted by Gasteiger charge is 2.07. The van der Waals surface area contributed by atoms with Crippen LogP contribution in [0.4, 0.5) is 0 Å². The largest absolute Gasteiger partial charge is 0.364 e. The SMILES string of the molecule is COCn1cc(CN)c2ccc(Cl)cc21. The van der Waals surface area contributed by atoms with Gasteiger partial charge in [-0.15, -0.1) is 0 Å². The molecule has 2 rings (SSSR count). The van der Waals surface area contributed by atoms with Crippen molar-refractivity contribution in [2.24, 2.45) is 5.73 Å². The molecule has 4 heteroatoms. The van der Waals surface area contributed by atoms with Crippen LogP contribution < -0.4 is 5.73 Å². The lowest BCUT2D eigenvalue weighted by atomic mass is 10.2. The Balaban J connectivity index is 2.64. The van der Waals surface area contributed by atoms with Gasteiger partial charge in [-0.1, -0.05) is 17.7 Å². The number of halogens is 1. The van der Waals surface area contributed by atoms with E-state index in [0.29, 0.717) is 13.3 Å². The normalized spacial score (nSPS) is 11.1. The van der Waals surface area contributed by atoms with E-state index in [1.807, 2.05) is 29.0 Å². The highest BCUT2D eigenvalue weighted by molar-refractivity contribution is 6.31. The summed E-state index contributed by atoms with van der Waals surface area (Å²) in [5.41, 5.74) is 7.85. The van der Waals surface area contributed by atoms with Crippen LogP contribution in [0.5, 0.6) is 0 Å². The van der Waals surface area contributed by atoms with Crippen molar-refractivity contribution in [1.29, 1.82) is 0 Å². The van der Waals surface area contributed by atoms with Crippen molar-refractivity contribution >= 4 is 22.5 Å². The van der Waals surface area contributed by atoms with Gasteiger partial charge < -0.3 is 15.0 Å². The van der Waals surface area contributed by atoms with Crippen LogP contribution in [0.15, 0.2) is 24.4 Å². The lowest BCUT2D eigenvalue weighted by Crippen LogP contribution is -1.98. The van der Waals surface area contributed by atoms with Crippen molar-refractivity contribution < 1.29 is 4.74 Å². The van der Waals surface area contributed by atoms with Crippen molar-refractivity contribution in [3.8, 4) is 0 Å². The molecule has 1 aromatic heterocycles. The number of rotatable bonds is 3. The average molecular weight is 225 g/mol. The van der Waals surface area contributed by atoms with E-state index in [-0.39, 0.29) is 0 Å². The van der Waals surface area contributed by atoms with Crippen LogP contribution in [-0.2, 0) is 18.0 Å².